The molecule has 0 aromatic carbocycles. The fourth-order valence-corrected chi connectivity index (χ4v) is 3.54. The molecule has 1 nitrogen and oxygen atoms in total. The lowest BCUT2D eigenvalue weighted by atomic mass is 9.51. The largest absolute Gasteiger partial charge is 0.306 e. The van der Waals surface area contributed by atoms with Crippen molar-refractivity contribution in [2.24, 2.45) is 11.8 Å². The van der Waals surface area contributed by atoms with Crippen LogP contribution in [0.4, 0.5) is 0 Å². The summed E-state index contributed by atoms with van der Waals surface area (Å²) < 4.78 is 0. The van der Waals surface area contributed by atoms with Gasteiger partial charge in [-0.05, 0) is 38.3 Å². The second kappa shape index (κ2) is 3.31. The fraction of sp³-hybridized carbons (Fsp3) is 1.00. The van der Waals surface area contributed by atoms with E-state index in [2.05, 4.69) is 26.7 Å². The molecular weight excluding hydrogens is 157 g/mol. The highest BCUT2D eigenvalue weighted by atomic mass is 15.1. The van der Waals surface area contributed by atoms with Crippen molar-refractivity contribution in [3.63, 3.8) is 0 Å². The number of hydrogen-bond acceptors (Lipinski definition) is 1. The van der Waals surface area contributed by atoms with Gasteiger partial charge in [-0.2, -0.15) is 0 Å². The number of fused-ring (bicyclic) bond motifs is 1. The quantitative estimate of drug-likeness (QED) is 0.510. The van der Waals surface area contributed by atoms with Crippen LogP contribution in [0, 0.1) is 11.8 Å². The molecule has 0 radical (unpaired) electrons. The normalized spacial score (nSPS) is 47.2. The minimum atomic E-state index is 0.629. The van der Waals surface area contributed by atoms with Crippen LogP contribution < -0.4 is 0 Å². The van der Waals surface area contributed by atoms with E-state index in [-0.39, 0.29) is 0 Å². The Bertz CT molecular complexity index is 191. The lowest BCUT2D eigenvalue weighted by molar-refractivity contribution is 0.0753. The Morgan fingerprint density at radius 3 is 2.92 bits per heavy atom. The first-order chi connectivity index (χ1) is 6.09. The van der Waals surface area contributed by atoms with Gasteiger partial charge in [0.05, 0.1) is 0 Å². The summed E-state index contributed by atoms with van der Waals surface area (Å²) in [7, 11) is 4.76. The molecule has 0 aromatic rings. The molecule has 2 fully saturated rings. The SMILES string of the molecule is BC1(C)CCCC2CN(C)CCC21. The van der Waals surface area contributed by atoms with Crippen LogP contribution in [0.15, 0.2) is 0 Å². The van der Waals surface area contributed by atoms with E-state index in [1.165, 1.54) is 38.8 Å². The average Bonchev–Trinajstić information content (AvgIpc) is 2.02. The van der Waals surface area contributed by atoms with Gasteiger partial charge in [0.15, 0.2) is 0 Å². The maximum Gasteiger partial charge on any atom is 0.109 e. The van der Waals surface area contributed by atoms with Gasteiger partial charge in [-0.1, -0.05) is 25.1 Å². The third-order valence-electron chi connectivity index (χ3n) is 4.34. The second-order valence-electron chi connectivity index (χ2n) is 5.80. The first-order valence-corrected chi connectivity index (χ1v) is 5.78. The molecule has 1 heterocycles. The van der Waals surface area contributed by atoms with Crippen LogP contribution in [0.25, 0.3) is 0 Å². The van der Waals surface area contributed by atoms with Gasteiger partial charge < -0.3 is 4.90 Å². The summed E-state index contributed by atoms with van der Waals surface area (Å²) in [6, 6.07) is 0. The highest BCUT2D eigenvalue weighted by Crippen LogP contribution is 2.50. The molecule has 0 spiro atoms. The number of likely N-dealkylation sites (tertiary alicyclic amines) is 1. The summed E-state index contributed by atoms with van der Waals surface area (Å²) in [6.07, 6.45) is 5.84. The van der Waals surface area contributed by atoms with Crippen LogP contribution >= 0.6 is 0 Å². The van der Waals surface area contributed by atoms with Crippen molar-refractivity contribution >= 4 is 7.85 Å². The molecule has 74 valence electrons. The molecule has 2 heteroatoms. The van der Waals surface area contributed by atoms with Crippen molar-refractivity contribution < 1.29 is 0 Å². The zero-order chi connectivity index (χ0) is 9.47. The summed E-state index contributed by atoms with van der Waals surface area (Å²) in [5, 5.41) is 0.629. The van der Waals surface area contributed by atoms with Crippen LogP contribution in [0.5, 0.6) is 0 Å². The molecular formula is C11H22BN. The maximum atomic E-state index is 2.52. The third-order valence-corrected chi connectivity index (χ3v) is 4.34. The summed E-state index contributed by atoms with van der Waals surface area (Å²) in [4.78, 5) is 2.52. The number of hydrogen-bond donors (Lipinski definition) is 0. The molecule has 1 saturated carbocycles. The molecule has 0 bridgehead atoms. The van der Waals surface area contributed by atoms with Gasteiger partial charge in [-0.15, -0.1) is 0 Å². The van der Waals surface area contributed by atoms with Crippen molar-refractivity contribution in [3.8, 4) is 0 Å². The van der Waals surface area contributed by atoms with Gasteiger partial charge in [-0.3, -0.25) is 0 Å². The molecule has 1 aliphatic carbocycles. The molecule has 13 heavy (non-hydrogen) atoms. The summed E-state index contributed by atoms with van der Waals surface area (Å²) >= 11 is 0. The van der Waals surface area contributed by atoms with E-state index in [0.29, 0.717) is 5.31 Å². The number of rotatable bonds is 0. The molecule has 1 saturated heterocycles. The Hall–Kier alpha value is 0.0249. The van der Waals surface area contributed by atoms with Crippen molar-refractivity contribution in [2.45, 2.75) is 37.9 Å². The van der Waals surface area contributed by atoms with Crippen molar-refractivity contribution in [1.82, 2.24) is 4.90 Å². The third kappa shape index (κ3) is 1.78. The number of nitrogens with zero attached hydrogens (tertiary/aromatic N) is 1. The monoisotopic (exact) mass is 179 g/mol. The van der Waals surface area contributed by atoms with Gasteiger partial charge >= 0.3 is 0 Å². The molecule has 3 atom stereocenters. The summed E-state index contributed by atoms with van der Waals surface area (Å²) in [5.74, 6) is 2.01. The highest BCUT2D eigenvalue weighted by molar-refractivity contribution is 6.15. The van der Waals surface area contributed by atoms with E-state index in [1.54, 1.807) is 0 Å². The van der Waals surface area contributed by atoms with E-state index >= 15 is 0 Å². The van der Waals surface area contributed by atoms with Crippen LogP contribution in [-0.2, 0) is 0 Å². The number of piperidine rings is 1. The summed E-state index contributed by atoms with van der Waals surface area (Å²) in [6.45, 7) is 5.16. The smallest absolute Gasteiger partial charge is 0.109 e. The molecule has 3 unspecified atom stereocenters. The Kier molecular flexibility index (Phi) is 2.44. The molecule has 1 aliphatic heterocycles. The van der Waals surface area contributed by atoms with Crippen molar-refractivity contribution in [1.29, 1.82) is 0 Å². The minimum absolute atomic E-state index is 0.629. The Morgan fingerprint density at radius 2 is 2.15 bits per heavy atom. The van der Waals surface area contributed by atoms with Gasteiger partial charge in [-0.25, -0.2) is 0 Å². The predicted octanol–water partition coefficient (Wildman–Crippen LogP) is 1.55. The van der Waals surface area contributed by atoms with Gasteiger partial charge in [0.1, 0.15) is 7.85 Å². The van der Waals surface area contributed by atoms with Crippen molar-refractivity contribution in [3.05, 3.63) is 0 Å². The standard InChI is InChI=1S/C11H22BN/c1-11(12)6-3-4-9-8-13(2)7-5-10(9)11/h9-10H,3-8,12H2,1-2H3. The van der Waals surface area contributed by atoms with E-state index in [0.717, 1.165) is 11.8 Å². The van der Waals surface area contributed by atoms with Gasteiger partial charge in [0, 0.05) is 6.54 Å². The first-order valence-electron chi connectivity index (χ1n) is 5.78. The highest BCUT2D eigenvalue weighted by Gasteiger charge is 2.40. The van der Waals surface area contributed by atoms with Gasteiger partial charge in [0.2, 0.25) is 0 Å². The lowest BCUT2D eigenvalue weighted by Crippen LogP contribution is -2.44. The van der Waals surface area contributed by atoms with Crippen LogP contribution in [0.3, 0.4) is 0 Å². The zero-order valence-corrected chi connectivity index (χ0v) is 9.34. The Labute approximate surface area is 83.3 Å². The molecule has 0 amide bonds. The van der Waals surface area contributed by atoms with Crippen LogP contribution in [0.1, 0.15) is 32.6 Å². The van der Waals surface area contributed by atoms with Crippen LogP contribution in [0.2, 0.25) is 5.31 Å². The first kappa shape index (κ1) is 9.58. The molecule has 2 aliphatic rings. The van der Waals surface area contributed by atoms with E-state index < -0.39 is 0 Å². The molecule has 0 N–H and O–H groups in total. The Balaban J connectivity index is 2.08. The van der Waals surface area contributed by atoms with Crippen LogP contribution in [-0.4, -0.2) is 32.9 Å². The van der Waals surface area contributed by atoms with E-state index in [4.69, 9.17) is 0 Å². The van der Waals surface area contributed by atoms with E-state index in [1.807, 2.05) is 0 Å². The Morgan fingerprint density at radius 1 is 1.38 bits per heavy atom. The van der Waals surface area contributed by atoms with Crippen molar-refractivity contribution in [2.75, 3.05) is 20.1 Å². The zero-order valence-electron chi connectivity index (χ0n) is 9.34. The fourth-order valence-electron chi connectivity index (χ4n) is 3.54. The average molecular weight is 179 g/mol. The maximum absolute atomic E-state index is 2.52. The predicted molar refractivity (Wildman–Crippen MR) is 59.9 cm³/mol. The molecule has 0 aromatic heterocycles. The lowest BCUT2D eigenvalue weighted by Gasteiger charge is -2.49. The summed E-state index contributed by atoms with van der Waals surface area (Å²) in [5.41, 5.74) is 0. The van der Waals surface area contributed by atoms with Gasteiger partial charge in [0.25, 0.3) is 0 Å². The minimum Gasteiger partial charge on any atom is -0.306 e. The second-order valence-corrected chi connectivity index (χ2v) is 5.80. The topological polar surface area (TPSA) is 3.24 Å². The van der Waals surface area contributed by atoms with E-state index in [9.17, 15) is 0 Å². The molecule has 2 rings (SSSR count).